The first-order valence-electron chi connectivity index (χ1n) is 10.8. The lowest BCUT2D eigenvalue weighted by atomic mass is 9.85. The van der Waals surface area contributed by atoms with Gasteiger partial charge in [0.25, 0.3) is 0 Å². The number of amides is 2. The molecular formula is C27H28N2O5. The fourth-order valence-corrected chi connectivity index (χ4v) is 3.30. The van der Waals surface area contributed by atoms with Crippen LogP contribution >= 0.6 is 0 Å². The van der Waals surface area contributed by atoms with E-state index in [4.69, 9.17) is 4.74 Å². The van der Waals surface area contributed by atoms with Crippen molar-refractivity contribution < 1.29 is 24.2 Å². The Labute approximate surface area is 199 Å². The second-order valence-corrected chi connectivity index (χ2v) is 8.63. The molecule has 3 aromatic rings. The smallest absolute Gasteiger partial charge is 0.326 e. The molecule has 0 fully saturated rings. The molecule has 0 radical (unpaired) electrons. The average molecular weight is 461 g/mol. The first-order chi connectivity index (χ1) is 16.1. The van der Waals surface area contributed by atoms with Crippen LogP contribution in [0.25, 0.3) is 11.1 Å². The summed E-state index contributed by atoms with van der Waals surface area (Å²) in [5.41, 5.74) is 2.57. The number of methoxy groups -OCH3 is 1. The van der Waals surface area contributed by atoms with Crippen LogP contribution in [0.15, 0.2) is 72.8 Å². The number of carbonyl (C=O) groups excluding carboxylic acids is 2. The summed E-state index contributed by atoms with van der Waals surface area (Å²) in [6.07, 6.45) is -0.0684. The molecule has 7 heteroatoms. The van der Waals surface area contributed by atoms with Crippen molar-refractivity contribution >= 4 is 29.2 Å². The third-order valence-corrected chi connectivity index (χ3v) is 5.62. The van der Waals surface area contributed by atoms with Gasteiger partial charge in [-0.25, -0.2) is 4.79 Å². The van der Waals surface area contributed by atoms with Crippen LogP contribution in [0.4, 0.5) is 16.2 Å². The minimum atomic E-state index is -1.11. The summed E-state index contributed by atoms with van der Waals surface area (Å²) in [6.45, 7) is 3.08. The molecule has 0 atom stereocenters. The number of nitrogens with zero attached hydrogens (tertiary/aromatic N) is 1. The lowest BCUT2D eigenvalue weighted by molar-refractivity contribution is -0.146. The molecule has 34 heavy (non-hydrogen) atoms. The molecule has 3 aromatic carbocycles. The van der Waals surface area contributed by atoms with Crippen molar-refractivity contribution in [3.63, 3.8) is 0 Å². The highest BCUT2D eigenvalue weighted by Crippen LogP contribution is 2.26. The van der Waals surface area contributed by atoms with Gasteiger partial charge < -0.3 is 15.2 Å². The third kappa shape index (κ3) is 5.81. The van der Waals surface area contributed by atoms with Crippen molar-refractivity contribution in [3.05, 3.63) is 78.4 Å². The van der Waals surface area contributed by atoms with Gasteiger partial charge in [-0.15, -0.1) is 0 Å². The van der Waals surface area contributed by atoms with E-state index in [1.807, 2.05) is 36.4 Å². The Hall–Kier alpha value is -4.13. The number of ether oxygens (including phenoxy) is 1. The Bertz CT molecular complexity index is 1170. The molecule has 0 aliphatic rings. The number of carbonyl (C=O) groups is 3. The number of hydrogen-bond acceptors (Lipinski definition) is 4. The van der Waals surface area contributed by atoms with Crippen molar-refractivity contribution in [2.45, 2.75) is 20.3 Å². The van der Waals surface area contributed by atoms with Gasteiger partial charge in [-0.3, -0.25) is 14.5 Å². The minimum Gasteiger partial charge on any atom is -0.497 e. The molecule has 0 unspecified atom stereocenters. The zero-order valence-electron chi connectivity index (χ0n) is 19.7. The standard InChI is InChI=1S/C27H28N2O5/c1-27(2,25(31)32)17-24(30)20-7-5-18(6-8-20)19-9-11-21(12-10-19)28-26(33)29(3)22-13-15-23(34-4)16-14-22/h5-16H,17H2,1-4H3,(H,28,33)(H,31,32). The monoisotopic (exact) mass is 460 g/mol. The van der Waals surface area contributed by atoms with Crippen LogP contribution in [0.1, 0.15) is 30.6 Å². The normalized spacial score (nSPS) is 10.9. The van der Waals surface area contributed by atoms with E-state index in [-0.39, 0.29) is 18.2 Å². The van der Waals surface area contributed by atoms with Crippen molar-refractivity contribution in [3.8, 4) is 16.9 Å². The number of carboxylic acid groups (broad SMARTS) is 1. The number of nitrogens with one attached hydrogen (secondary N) is 1. The molecule has 7 nitrogen and oxygen atoms in total. The average Bonchev–Trinajstić information content (AvgIpc) is 2.84. The molecule has 3 rings (SSSR count). The molecule has 176 valence electrons. The molecule has 0 aromatic heterocycles. The van der Waals surface area contributed by atoms with Gasteiger partial charge in [0.15, 0.2) is 5.78 Å². The maximum Gasteiger partial charge on any atom is 0.326 e. The molecular weight excluding hydrogens is 432 g/mol. The zero-order valence-corrected chi connectivity index (χ0v) is 19.7. The molecule has 0 heterocycles. The summed E-state index contributed by atoms with van der Waals surface area (Å²) in [7, 11) is 3.28. The number of urea groups is 1. The first kappa shape index (κ1) is 24.5. The third-order valence-electron chi connectivity index (χ3n) is 5.62. The van der Waals surface area contributed by atoms with Crippen molar-refractivity contribution in [1.82, 2.24) is 0 Å². The number of hydrogen-bond donors (Lipinski definition) is 2. The van der Waals surface area contributed by atoms with E-state index in [9.17, 15) is 19.5 Å². The van der Waals surface area contributed by atoms with Gasteiger partial charge in [0, 0.05) is 30.4 Å². The second kappa shape index (κ2) is 10.2. The van der Waals surface area contributed by atoms with Crippen LogP contribution in [-0.2, 0) is 4.79 Å². The highest BCUT2D eigenvalue weighted by Gasteiger charge is 2.30. The Morgan fingerprint density at radius 2 is 1.41 bits per heavy atom. The van der Waals surface area contributed by atoms with Gasteiger partial charge >= 0.3 is 12.0 Å². The Kier molecular flexibility index (Phi) is 7.36. The van der Waals surface area contributed by atoms with Crippen LogP contribution < -0.4 is 15.0 Å². The molecule has 0 spiro atoms. The summed E-state index contributed by atoms with van der Waals surface area (Å²) in [5.74, 6) is -0.493. The lowest BCUT2D eigenvalue weighted by Gasteiger charge is -2.18. The van der Waals surface area contributed by atoms with E-state index in [1.165, 1.54) is 18.7 Å². The second-order valence-electron chi connectivity index (χ2n) is 8.63. The van der Waals surface area contributed by atoms with Crippen molar-refractivity contribution in [1.29, 1.82) is 0 Å². The Morgan fingerprint density at radius 3 is 1.91 bits per heavy atom. The highest BCUT2D eigenvalue weighted by molar-refractivity contribution is 6.01. The van der Waals surface area contributed by atoms with E-state index in [1.54, 1.807) is 50.6 Å². The predicted octanol–water partition coefficient (Wildman–Crippen LogP) is 5.71. The molecule has 2 N–H and O–H groups in total. The fraction of sp³-hybridized carbons (Fsp3) is 0.222. The molecule has 0 bridgehead atoms. The molecule has 0 aliphatic heterocycles. The van der Waals surface area contributed by atoms with Gasteiger partial charge in [-0.05, 0) is 61.4 Å². The summed E-state index contributed by atoms with van der Waals surface area (Å²) in [6, 6.07) is 21.4. The van der Waals surface area contributed by atoms with E-state index in [0.717, 1.165) is 22.6 Å². The largest absolute Gasteiger partial charge is 0.497 e. The molecule has 0 saturated carbocycles. The lowest BCUT2D eigenvalue weighted by Crippen LogP contribution is -2.31. The van der Waals surface area contributed by atoms with Gasteiger partial charge in [0.1, 0.15) is 5.75 Å². The fourth-order valence-electron chi connectivity index (χ4n) is 3.30. The molecule has 2 amide bonds. The van der Waals surface area contributed by atoms with Gasteiger partial charge in [-0.1, -0.05) is 36.4 Å². The quantitative estimate of drug-likeness (QED) is 0.420. The van der Waals surface area contributed by atoms with Crippen LogP contribution in [0.5, 0.6) is 5.75 Å². The highest BCUT2D eigenvalue weighted by atomic mass is 16.5. The number of anilines is 2. The minimum absolute atomic E-state index is 0.0684. The number of rotatable bonds is 8. The van der Waals surface area contributed by atoms with Crippen LogP contribution in [0.2, 0.25) is 0 Å². The van der Waals surface area contributed by atoms with E-state index in [2.05, 4.69) is 5.32 Å². The Balaban J connectivity index is 1.64. The van der Waals surface area contributed by atoms with Gasteiger partial charge in [0.2, 0.25) is 0 Å². The van der Waals surface area contributed by atoms with E-state index in [0.29, 0.717) is 11.3 Å². The predicted molar refractivity (Wildman–Crippen MR) is 133 cm³/mol. The van der Waals surface area contributed by atoms with Crippen LogP contribution in [0, 0.1) is 5.41 Å². The summed E-state index contributed by atoms with van der Waals surface area (Å²) >= 11 is 0. The molecule has 0 saturated heterocycles. The van der Waals surface area contributed by atoms with Crippen LogP contribution in [-0.4, -0.2) is 37.0 Å². The number of benzene rings is 3. The van der Waals surface area contributed by atoms with E-state index < -0.39 is 11.4 Å². The Morgan fingerprint density at radius 1 is 0.882 bits per heavy atom. The van der Waals surface area contributed by atoms with Crippen LogP contribution in [0.3, 0.4) is 0 Å². The molecule has 0 aliphatic carbocycles. The van der Waals surface area contributed by atoms with Crippen molar-refractivity contribution in [2.24, 2.45) is 5.41 Å². The first-order valence-corrected chi connectivity index (χ1v) is 10.8. The topological polar surface area (TPSA) is 95.9 Å². The number of carboxylic acids is 1. The maximum atomic E-state index is 12.6. The number of aliphatic carboxylic acids is 1. The zero-order chi connectivity index (χ0) is 24.9. The summed E-state index contributed by atoms with van der Waals surface area (Å²) < 4.78 is 5.14. The van der Waals surface area contributed by atoms with Crippen molar-refractivity contribution in [2.75, 3.05) is 24.4 Å². The summed E-state index contributed by atoms with van der Waals surface area (Å²) in [5, 5.41) is 12.1. The van der Waals surface area contributed by atoms with Gasteiger partial charge in [0.05, 0.1) is 12.5 Å². The maximum absolute atomic E-state index is 12.6. The van der Waals surface area contributed by atoms with Gasteiger partial charge in [-0.2, -0.15) is 0 Å². The SMILES string of the molecule is COc1ccc(N(C)C(=O)Nc2ccc(-c3ccc(C(=O)CC(C)(C)C(=O)O)cc3)cc2)cc1. The summed E-state index contributed by atoms with van der Waals surface area (Å²) in [4.78, 5) is 37.8. The number of ketones is 1. The number of Topliss-reactive ketones (excluding diaryl/α,β-unsaturated/α-hetero) is 1. The van der Waals surface area contributed by atoms with E-state index >= 15 is 0 Å².